The van der Waals surface area contributed by atoms with E-state index in [9.17, 15) is 4.79 Å². The Balaban J connectivity index is 2.40. The Bertz CT molecular complexity index is 513. The first-order valence-electron chi connectivity index (χ1n) is 7.02. The molecule has 0 heterocycles. The van der Waals surface area contributed by atoms with Crippen molar-refractivity contribution in [1.29, 1.82) is 0 Å². The summed E-state index contributed by atoms with van der Waals surface area (Å²) >= 11 is 0. The number of ether oxygens (including phenoxy) is 2. The maximum atomic E-state index is 11.4. The number of carbonyl (C=O) groups excluding carboxylic acids is 1. The summed E-state index contributed by atoms with van der Waals surface area (Å²) < 4.78 is 10.9. The topological polar surface area (TPSA) is 61.6 Å². The SMILES string of the molecule is COc1ccc2c(c1OC)C(C)CC(C(C)C(N)=O)C2. The van der Waals surface area contributed by atoms with Gasteiger partial charge in [0.05, 0.1) is 14.2 Å². The molecule has 0 radical (unpaired) electrons. The van der Waals surface area contributed by atoms with Crippen LogP contribution in [0.2, 0.25) is 0 Å². The second-order valence-electron chi connectivity index (χ2n) is 5.67. The summed E-state index contributed by atoms with van der Waals surface area (Å²) in [5.74, 6) is 1.90. The molecule has 0 bridgehead atoms. The molecule has 1 aromatic carbocycles. The zero-order chi connectivity index (χ0) is 14.9. The van der Waals surface area contributed by atoms with E-state index >= 15 is 0 Å². The van der Waals surface area contributed by atoms with Crippen molar-refractivity contribution in [2.75, 3.05) is 14.2 Å². The molecular formula is C16H23NO3. The zero-order valence-electron chi connectivity index (χ0n) is 12.6. The lowest BCUT2D eigenvalue weighted by molar-refractivity contribution is -0.123. The van der Waals surface area contributed by atoms with Gasteiger partial charge in [0.2, 0.25) is 5.91 Å². The summed E-state index contributed by atoms with van der Waals surface area (Å²) in [5.41, 5.74) is 7.89. The predicted molar refractivity (Wildman–Crippen MR) is 78.1 cm³/mol. The fourth-order valence-electron chi connectivity index (χ4n) is 3.26. The number of hydrogen-bond donors (Lipinski definition) is 1. The highest BCUT2D eigenvalue weighted by Crippen LogP contribution is 2.45. The van der Waals surface area contributed by atoms with Gasteiger partial charge in [-0.15, -0.1) is 0 Å². The van der Waals surface area contributed by atoms with Crippen LogP contribution in [0.1, 0.15) is 37.3 Å². The molecule has 4 heteroatoms. The number of rotatable bonds is 4. The Morgan fingerprint density at radius 1 is 1.35 bits per heavy atom. The van der Waals surface area contributed by atoms with Crippen LogP contribution in [0.4, 0.5) is 0 Å². The number of carbonyl (C=O) groups is 1. The van der Waals surface area contributed by atoms with E-state index in [1.54, 1.807) is 14.2 Å². The molecule has 1 amide bonds. The monoisotopic (exact) mass is 277 g/mol. The highest BCUT2D eigenvalue weighted by atomic mass is 16.5. The lowest BCUT2D eigenvalue weighted by Gasteiger charge is -2.33. The fourth-order valence-corrected chi connectivity index (χ4v) is 3.26. The van der Waals surface area contributed by atoms with Gasteiger partial charge in [0.25, 0.3) is 0 Å². The van der Waals surface area contributed by atoms with Crippen LogP contribution in [0.3, 0.4) is 0 Å². The van der Waals surface area contributed by atoms with Gasteiger partial charge in [-0.25, -0.2) is 0 Å². The predicted octanol–water partition coefficient (Wildman–Crippen LogP) is 2.49. The summed E-state index contributed by atoms with van der Waals surface area (Å²) in [5, 5.41) is 0. The molecule has 0 spiro atoms. The second kappa shape index (κ2) is 5.73. The molecule has 0 aromatic heterocycles. The van der Waals surface area contributed by atoms with Crippen molar-refractivity contribution in [3.8, 4) is 11.5 Å². The van der Waals surface area contributed by atoms with Gasteiger partial charge in [0.1, 0.15) is 0 Å². The lowest BCUT2D eigenvalue weighted by atomic mass is 9.72. The molecule has 1 aromatic rings. The minimum Gasteiger partial charge on any atom is -0.493 e. The molecule has 1 aliphatic rings. The quantitative estimate of drug-likeness (QED) is 0.919. The van der Waals surface area contributed by atoms with Crippen molar-refractivity contribution in [2.24, 2.45) is 17.6 Å². The van der Waals surface area contributed by atoms with Gasteiger partial charge >= 0.3 is 0 Å². The second-order valence-corrected chi connectivity index (χ2v) is 5.67. The van der Waals surface area contributed by atoms with Gasteiger partial charge in [-0.05, 0) is 36.3 Å². The Morgan fingerprint density at radius 2 is 2.05 bits per heavy atom. The first kappa shape index (κ1) is 14.7. The lowest BCUT2D eigenvalue weighted by Crippen LogP contribution is -2.32. The van der Waals surface area contributed by atoms with Crippen LogP contribution in [0.5, 0.6) is 11.5 Å². The number of fused-ring (bicyclic) bond motifs is 1. The van der Waals surface area contributed by atoms with E-state index in [-0.39, 0.29) is 11.8 Å². The normalized spacial score (nSPS) is 22.8. The number of benzene rings is 1. The Kier molecular flexibility index (Phi) is 4.21. The molecule has 4 nitrogen and oxygen atoms in total. The van der Waals surface area contributed by atoms with E-state index < -0.39 is 0 Å². The summed E-state index contributed by atoms with van der Waals surface area (Å²) in [7, 11) is 3.32. The minimum atomic E-state index is -0.217. The molecule has 0 fully saturated rings. The van der Waals surface area contributed by atoms with Gasteiger partial charge in [0, 0.05) is 11.5 Å². The molecule has 20 heavy (non-hydrogen) atoms. The van der Waals surface area contributed by atoms with E-state index in [1.165, 1.54) is 11.1 Å². The first-order chi connectivity index (χ1) is 9.49. The number of amides is 1. The van der Waals surface area contributed by atoms with Crippen molar-refractivity contribution in [3.05, 3.63) is 23.3 Å². The molecular weight excluding hydrogens is 254 g/mol. The van der Waals surface area contributed by atoms with Crippen LogP contribution in [0.25, 0.3) is 0 Å². The van der Waals surface area contributed by atoms with E-state index in [0.29, 0.717) is 11.8 Å². The minimum absolute atomic E-state index is 0.0984. The van der Waals surface area contributed by atoms with E-state index in [2.05, 4.69) is 13.0 Å². The molecule has 0 saturated heterocycles. The number of primary amides is 1. The standard InChI is InChI=1S/C16H23NO3/c1-9-7-12(10(2)16(17)18)8-11-5-6-13(19-3)15(20-4)14(9)11/h5-6,9-10,12H,7-8H2,1-4H3,(H2,17,18). The highest BCUT2D eigenvalue weighted by Gasteiger charge is 2.33. The van der Waals surface area contributed by atoms with Crippen molar-refractivity contribution in [3.63, 3.8) is 0 Å². The maximum absolute atomic E-state index is 11.4. The van der Waals surface area contributed by atoms with Crippen LogP contribution >= 0.6 is 0 Å². The molecule has 2 N–H and O–H groups in total. The van der Waals surface area contributed by atoms with Crippen molar-refractivity contribution < 1.29 is 14.3 Å². The average Bonchev–Trinajstić information content (AvgIpc) is 2.44. The molecule has 2 rings (SSSR count). The van der Waals surface area contributed by atoms with E-state index in [4.69, 9.17) is 15.2 Å². The third kappa shape index (κ3) is 2.47. The first-order valence-corrected chi connectivity index (χ1v) is 7.02. The Morgan fingerprint density at radius 3 is 2.60 bits per heavy atom. The van der Waals surface area contributed by atoms with E-state index in [1.807, 2.05) is 13.0 Å². The van der Waals surface area contributed by atoms with Gasteiger partial charge in [-0.2, -0.15) is 0 Å². The summed E-state index contributed by atoms with van der Waals surface area (Å²) in [6.45, 7) is 4.09. The molecule has 3 unspecified atom stereocenters. The van der Waals surface area contributed by atoms with E-state index in [0.717, 1.165) is 24.3 Å². The third-order valence-electron chi connectivity index (χ3n) is 4.46. The van der Waals surface area contributed by atoms with Crippen molar-refractivity contribution in [2.45, 2.75) is 32.6 Å². The van der Waals surface area contributed by atoms with Gasteiger partial charge in [-0.1, -0.05) is 19.9 Å². The number of methoxy groups -OCH3 is 2. The fraction of sp³-hybridized carbons (Fsp3) is 0.562. The van der Waals surface area contributed by atoms with Crippen molar-refractivity contribution >= 4 is 5.91 Å². The average molecular weight is 277 g/mol. The van der Waals surface area contributed by atoms with Gasteiger partial charge in [0.15, 0.2) is 11.5 Å². The summed E-state index contributed by atoms with van der Waals surface area (Å²) in [4.78, 5) is 11.4. The zero-order valence-corrected chi connectivity index (χ0v) is 12.6. The summed E-state index contributed by atoms with van der Waals surface area (Å²) in [6, 6.07) is 4.01. The largest absolute Gasteiger partial charge is 0.493 e. The molecule has 0 aliphatic heterocycles. The van der Waals surface area contributed by atoms with Crippen LogP contribution < -0.4 is 15.2 Å². The molecule has 1 aliphatic carbocycles. The third-order valence-corrected chi connectivity index (χ3v) is 4.46. The summed E-state index contributed by atoms with van der Waals surface area (Å²) in [6.07, 6.45) is 1.81. The highest BCUT2D eigenvalue weighted by molar-refractivity contribution is 5.76. The van der Waals surface area contributed by atoms with Gasteiger partial charge < -0.3 is 15.2 Å². The Labute approximate surface area is 120 Å². The van der Waals surface area contributed by atoms with Crippen LogP contribution in [0, 0.1) is 11.8 Å². The van der Waals surface area contributed by atoms with Crippen LogP contribution in [-0.2, 0) is 11.2 Å². The Hall–Kier alpha value is -1.71. The molecule has 110 valence electrons. The number of hydrogen-bond acceptors (Lipinski definition) is 3. The smallest absolute Gasteiger partial charge is 0.220 e. The van der Waals surface area contributed by atoms with Crippen LogP contribution in [-0.4, -0.2) is 20.1 Å². The van der Waals surface area contributed by atoms with Gasteiger partial charge in [-0.3, -0.25) is 4.79 Å². The molecule has 3 atom stereocenters. The number of nitrogens with two attached hydrogens (primary N) is 1. The maximum Gasteiger partial charge on any atom is 0.220 e. The van der Waals surface area contributed by atoms with Crippen LogP contribution in [0.15, 0.2) is 12.1 Å². The molecule has 0 saturated carbocycles. The van der Waals surface area contributed by atoms with Crippen molar-refractivity contribution in [1.82, 2.24) is 0 Å².